The first-order chi connectivity index (χ1) is 8.04. The lowest BCUT2D eigenvalue weighted by molar-refractivity contribution is -0.384. The molecule has 1 atom stereocenters. The maximum atomic E-state index is 11.0. The van der Waals surface area contributed by atoms with Gasteiger partial charge in [0.25, 0.3) is 5.69 Å². The second-order valence-corrected chi connectivity index (χ2v) is 3.95. The van der Waals surface area contributed by atoms with Crippen LogP contribution in [-0.2, 0) is 11.2 Å². The Morgan fingerprint density at radius 2 is 2.24 bits per heavy atom. The van der Waals surface area contributed by atoms with Crippen LogP contribution in [0.3, 0.4) is 0 Å². The number of nitro groups is 1. The summed E-state index contributed by atoms with van der Waals surface area (Å²) in [4.78, 5) is 21.1. The maximum absolute atomic E-state index is 11.0. The number of nitro benzene ring substituents is 1. The van der Waals surface area contributed by atoms with Gasteiger partial charge in [0, 0.05) is 12.1 Å². The van der Waals surface area contributed by atoms with Gasteiger partial charge in [-0.1, -0.05) is 25.5 Å². The molecule has 0 aromatic heterocycles. The van der Waals surface area contributed by atoms with Gasteiger partial charge in [-0.25, -0.2) is 0 Å². The third-order valence-electron chi connectivity index (χ3n) is 2.59. The molecule has 0 aliphatic heterocycles. The molecular weight excluding hydrogens is 222 g/mol. The fourth-order valence-electron chi connectivity index (χ4n) is 1.74. The lowest BCUT2D eigenvalue weighted by Gasteiger charge is -2.10. The minimum absolute atomic E-state index is 0.00290. The van der Waals surface area contributed by atoms with Crippen molar-refractivity contribution < 1.29 is 14.8 Å². The van der Waals surface area contributed by atoms with E-state index in [1.54, 1.807) is 12.1 Å². The second kappa shape index (κ2) is 5.98. The number of carboxylic acid groups (broad SMARTS) is 1. The Bertz CT molecular complexity index is 417. The minimum Gasteiger partial charge on any atom is -0.481 e. The molecule has 0 saturated heterocycles. The van der Waals surface area contributed by atoms with E-state index in [0.29, 0.717) is 18.4 Å². The monoisotopic (exact) mass is 237 g/mol. The standard InChI is InChI=1S/C12H15NO4/c1-2-4-10(12(14)15)7-9-5-3-6-11(8-9)13(16)17/h3,5-6,8,10H,2,4,7H2,1H3,(H,14,15). The van der Waals surface area contributed by atoms with E-state index in [-0.39, 0.29) is 5.69 Å². The van der Waals surface area contributed by atoms with E-state index < -0.39 is 16.8 Å². The van der Waals surface area contributed by atoms with Crippen LogP contribution in [-0.4, -0.2) is 16.0 Å². The van der Waals surface area contributed by atoms with E-state index >= 15 is 0 Å². The van der Waals surface area contributed by atoms with Crippen LogP contribution in [0.2, 0.25) is 0 Å². The van der Waals surface area contributed by atoms with Crippen LogP contribution in [0.1, 0.15) is 25.3 Å². The van der Waals surface area contributed by atoms with Crippen LogP contribution in [0.4, 0.5) is 5.69 Å². The Hall–Kier alpha value is -1.91. The first kappa shape index (κ1) is 13.2. The summed E-state index contributed by atoms with van der Waals surface area (Å²) in [6.45, 7) is 1.92. The molecule has 17 heavy (non-hydrogen) atoms. The largest absolute Gasteiger partial charge is 0.481 e. The third-order valence-corrected chi connectivity index (χ3v) is 2.59. The summed E-state index contributed by atoms with van der Waals surface area (Å²) < 4.78 is 0. The molecule has 1 rings (SSSR count). The van der Waals surface area contributed by atoms with Gasteiger partial charge in [-0.2, -0.15) is 0 Å². The van der Waals surface area contributed by atoms with Crippen molar-refractivity contribution in [2.75, 3.05) is 0 Å². The average Bonchev–Trinajstić information content (AvgIpc) is 2.28. The summed E-state index contributed by atoms with van der Waals surface area (Å²) in [5.41, 5.74) is 0.697. The van der Waals surface area contributed by atoms with Gasteiger partial charge in [-0.15, -0.1) is 0 Å². The van der Waals surface area contributed by atoms with Crippen LogP contribution in [0.5, 0.6) is 0 Å². The van der Waals surface area contributed by atoms with E-state index in [1.165, 1.54) is 12.1 Å². The molecule has 1 aromatic carbocycles. The quantitative estimate of drug-likeness (QED) is 0.609. The highest BCUT2D eigenvalue weighted by atomic mass is 16.6. The lowest BCUT2D eigenvalue weighted by Crippen LogP contribution is -2.16. The molecule has 0 radical (unpaired) electrons. The molecule has 1 aromatic rings. The molecular formula is C12H15NO4. The predicted molar refractivity (Wildman–Crippen MR) is 62.8 cm³/mol. The van der Waals surface area contributed by atoms with Crippen molar-refractivity contribution >= 4 is 11.7 Å². The summed E-state index contributed by atoms with van der Waals surface area (Å²) in [5, 5.41) is 19.6. The third kappa shape index (κ3) is 3.86. The van der Waals surface area contributed by atoms with Gasteiger partial charge < -0.3 is 5.11 Å². The number of rotatable bonds is 6. The fourth-order valence-corrected chi connectivity index (χ4v) is 1.74. The zero-order valence-electron chi connectivity index (χ0n) is 9.63. The minimum atomic E-state index is -0.849. The number of non-ortho nitro benzene ring substituents is 1. The molecule has 5 nitrogen and oxygen atoms in total. The fraction of sp³-hybridized carbons (Fsp3) is 0.417. The molecule has 0 aliphatic rings. The molecule has 1 N–H and O–H groups in total. The molecule has 0 heterocycles. The van der Waals surface area contributed by atoms with Gasteiger partial charge in [0.15, 0.2) is 0 Å². The number of nitrogens with zero attached hydrogens (tertiary/aromatic N) is 1. The second-order valence-electron chi connectivity index (χ2n) is 3.95. The van der Waals surface area contributed by atoms with Gasteiger partial charge in [-0.05, 0) is 18.4 Å². The summed E-state index contributed by atoms with van der Waals surface area (Å²) in [6.07, 6.45) is 1.70. The highest BCUT2D eigenvalue weighted by molar-refractivity contribution is 5.70. The van der Waals surface area contributed by atoms with Crippen molar-refractivity contribution in [3.05, 3.63) is 39.9 Å². The van der Waals surface area contributed by atoms with Crippen LogP contribution in [0, 0.1) is 16.0 Å². The Balaban J connectivity index is 2.82. The normalized spacial score (nSPS) is 12.1. The van der Waals surface area contributed by atoms with Gasteiger partial charge >= 0.3 is 5.97 Å². The molecule has 0 aliphatic carbocycles. The van der Waals surface area contributed by atoms with Crippen molar-refractivity contribution in [1.29, 1.82) is 0 Å². The molecule has 0 fully saturated rings. The number of hydrogen-bond acceptors (Lipinski definition) is 3. The zero-order valence-corrected chi connectivity index (χ0v) is 9.63. The zero-order chi connectivity index (χ0) is 12.8. The van der Waals surface area contributed by atoms with E-state index in [9.17, 15) is 14.9 Å². The number of carboxylic acids is 1. The molecule has 1 unspecified atom stereocenters. The number of hydrogen-bond donors (Lipinski definition) is 1. The Morgan fingerprint density at radius 1 is 1.53 bits per heavy atom. The Kier molecular flexibility index (Phi) is 4.63. The van der Waals surface area contributed by atoms with Crippen LogP contribution in [0.15, 0.2) is 24.3 Å². The number of carbonyl (C=O) groups is 1. The van der Waals surface area contributed by atoms with Gasteiger partial charge in [0.1, 0.15) is 0 Å². The predicted octanol–water partition coefficient (Wildman–Crippen LogP) is 2.64. The molecule has 0 spiro atoms. The first-order valence-corrected chi connectivity index (χ1v) is 5.50. The van der Waals surface area contributed by atoms with Crippen molar-refractivity contribution in [2.45, 2.75) is 26.2 Å². The van der Waals surface area contributed by atoms with E-state index in [4.69, 9.17) is 5.11 Å². The molecule has 0 amide bonds. The van der Waals surface area contributed by atoms with Crippen molar-refractivity contribution in [1.82, 2.24) is 0 Å². The molecule has 0 bridgehead atoms. The SMILES string of the molecule is CCCC(Cc1cccc([N+](=O)[O-])c1)C(=O)O. The van der Waals surface area contributed by atoms with Crippen LogP contribution < -0.4 is 0 Å². The van der Waals surface area contributed by atoms with Crippen molar-refractivity contribution in [3.63, 3.8) is 0 Å². The highest BCUT2D eigenvalue weighted by Gasteiger charge is 2.17. The summed E-state index contributed by atoms with van der Waals surface area (Å²) in [5.74, 6) is -1.32. The summed E-state index contributed by atoms with van der Waals surface area (Å²) >= 11 is 0. The van der Waals surface area contributed by atoms with E-state index in [0.717, 1.165) is 6.42 Å². The average molecular weight is 237 g/mol. The number of benzene rings is 1. The maximum Gasteiger partial charge on any atom is 0.306 e. The summed E-state index contributed by atoms with van der Waals surface area (Å²) in [6, 6.07) is 6.14. The van der Waals surface area contributed by atoms with Gasteiger partial charge in [-0.3, -0.25) is 14.9 Å². The summed E-state index contributed by atoms with van der Waals surface area (Å²) in [7, 11) is 0. The van der Waals surface area contributed by atoms with Gasteiger partial charge in [0.05, 0.1) is 10.8 Å². The van der Waals surface area contributed by atoms with Crippen LogP contribution >= 0.6 is 0 Å². The molecule has 92 valence electrons. The van der Waals surface area contributed by atoms with Crippen LogP contribution in [0.25, 0.3) is 0 Å². The first-order valence-electron chi connectivity index (χ1n) is 5.50. The topological polar surface area (TPSA) is 80.4 Å². The molecule has 5 heteroatoms. The smallest absolute Gasteiger partial charge is 0.306 e. The molecule has 0 saturated carbocycles. The Morgan fingerprint density at radius 3 is 2.76 bits per heavy atom. The van der Waals surface area contributed by atoms with E-state index in [2.05, 4.69) is 0 Å². The highest BCUT2D eigenvalue weighted by Crippen LogP contribution is 2.18. The van der Waals surface area contributed by atoms with Crippen molar-refractivity contribution in [2.24, 2.45) is 5.92 Å². The van der Waals surface area contributed by atoms with Gasteiger partial charge in [0.2, 0.25) is 0 Å². The Labute approximate surface area is 99.2 Å². The van der Waals surface area contributed by atoms with E-state index in [1.807, 2.05) is 6.92 Å². The number of aliphatic carboxylic acids is 1. The lowest BCUT2D eigenvalue weighted by atomic mass is 9.95. The van der Waals surface area contributed by atoms with Crippen molar-refractivity contribution in [3.8, 4) is 0 Å².